The van der Waals surface area contributed by atoms with Crippen LogP contribution >= 0.6 is 0 Å². The minimum atomic E-state index is -0.825. The summed E-state index contributed by atoms with van der Waals surface area (Å²) in [6.45, 7) is 9.33. The van der Waals surface area contributed by atoms with Gasteiger partial charge in [0.1, 0.15) is 5.75 Å². The van der Waals surface area contributed by atoms with Crippen molar-refractivity contribution < 1.29 is 19.1 Å². The molecule has 122 valence electrons. The molecule has 1 aromatic carbocycles. The molecule has 5 nitrogen and oxygen atoms in total. The Morgan fingerprint density at radius 3 is 2.05 bits per heavy atom. The van der Waals surface area contributed by atoms with Crippen molar-refractivity contribution >= 4 is 11.9 Å². The molecule has 0 saturated carbocycles. The fraction of sp³-hybridized carbons (Fsp3) is 0.529. The lowest BCUT2D eigenvalue weighted by atomic mass is 10.0. The molecule has 1 unspecified atom stereocenters. The predicted octanol–water partition coefficient (Wildman–Crippen LogP) is 2.79. The Bertz CT molecular complexity index is 514. The highest BCUT2D eigenvalue weighted by Gasteiger charge is 2.29. The minimum absolute atomic E-state index is 0.121. The van der Waals surface area contributed by atoms with Crippen molar-refractivity contribution in [3.8, 4) is 5.75 Å². The van der Waals surface area contributed by atoms with Crippen LogP contribution in [0.1, 0.15) is 45.0 Å². The monoisotopic (exact) mass is 307 g/mol. The number of methoxy groups -OCH3 is 1. The molecule has 0 saturated heterocycles. The number of ether oxygens (including phenoxy) is 2. The third-order valence-electron chi connectivity index (χ3n) is 2.92. The normalized spacial score (nSPS) is 12.7. The molecule has 0 aromatic heterocycles. The second kappa shape index (κ2) is 7.29. The van der Waals surface area contributed by atoms with Gasteiger partial charge >= 0.3 is 5.97 Å². The molecule has 1 rings (SSSR count). The number of carbonyl (C=O) groups excluding carboxylic acids is 2. The van der Waals surface area contributed by atoms with Crippen LogP contribution in [0.15, 0.2) is 24.3 Å². The molecular formula is C17H25NO4. The number of hydrogen-bond donors (Lipinski definition) is 1. The number of hydrogen-bond acceptors (Lipinski definition) is 4. The fourth-order valence-corrected chi connectivity index (χ4v) is 1.84. The highest BCUT2D eigenvalue weighted by atomic mass is 16.5. The van der Waals surface area contributed by atoms with E-state index in [0.717, 1.165) is 0 Å². The summed E-state index contributed by atoms with van der Waals surface area (Å²) in [6, 6.07) is 6.58. The second-order valence-corrected chi connectivity index (χ2v) is 6.54. The summed E-state index contributed by atoms with van der Waals surface area (Å²) >= 11 is 0. The molecule has 1 aromatic rings. The van der Waals surface area contributed by atoms with Crippen LogP contribution in [-0.2, 0) is 9.53 Å². The molecule has 0 spiro atoms. The van der Waals surface area contributed by atoms with Gasteiger partial charge in [-0.1, -0.05) is 13.8 Å². The number of nitrogens with one attached hydrogen (secondary N) is 1. The first kappa shape index (κ1) is 18.0. The van der Waals surface area contributed by atoms with Gasteiger partial charge in [-0.3, -0.25) is 4.79 Å². The summed E-state index contributed by atoms with van der Waals surface area (Å²) in [7, 11) is 1.55. The van der Waals surface area contributed by atoms with Gasteiger partial charge in [-0.15, -0.1) is 0 Å². The summed E-state index contributed by atoms with van der Waals surface area (Å²) in [6.07, 6.45) is -0.825. The first-order chi connectivity index (χ1) is 10.1. The zero-order valence-electron chi connectivity index (χ0n) is 14.1. The van der Waals surface area contributed by atoms with Gasteiger partial charge in [0.2, 0.25) is 0 Å². The van der Waals surface area contributed by atoms with E-state index in [1.54, 1.807) is 31.4 Å². The van der Waals surface area contributed by atoms with Crippen molar-refractivity contribution in [3.63, 3.8) is 0 Å². The maximum Gasteiger partial charge on any atom is 0.338 e. The molecule has 0 aliphatic carbocycles. The van der Waals surface area contributed by atoms with E-state index in [4.69, 9.17) is 9.47 Å². The van der Waals surface area contributed by atoms with Crippen LogP contribution in [0.25, 0.3) is 0 Å². The Kier molecular flexibility index (Phi) is 5.97. The van der Waals surface area contributed by atoms with Crippen LogP contribution in [0.2, 0.25) is 0 Å². The van der Waals surface area contributed by atoms with Gasteiger partial charge < -0.3 is 14.8 Å². The Morgan fingerprint density at radius 1 is 1.09 bits per heavy atom. The van der Waals surface area contributed by atoms with Crippen LogP contribution in [-0.4, -0.2) is 30.6 Å². The standard InChI is InChI=1S/C17H25NO4/c1-11(2)14(15(19)18-17(3,4)5)22-16(20)12-7-9-13(21-6)10-8-12/h7-11,14H,1-6H3,(H,18,19). The van der Waals surface area contributed by atoms with Gasteiger partial charge in [0.25, 0.3) is 5.91 Å². The van der Waals surface area contributed by atoms with Gasteiger partial charge in [0.05, 0.1) is 12.7 Å². The second-order valence-electron chi connectivity index (χ2n) is 6.54. The maximum atomic E-state index is 12.3. The molecule has 0 aliphatic heterocycles. The lowest BCUT2D eigenvalue weighted by Gasteiger charge is -2.26. The highest BCUT2D eigenvalue weighted by Crippen LogP contribution is 2.15. The van der Waals surface area contributed by atoms with E-state index in [1.807, 2.05) is 34.6 Å². The van der Waals surface area contributed by atoms with E-state index >= 15 is 0 Å². The lowest BCUT2D eigenvalue weighted by Crippen LogP contribution is -2.48. The van der Waals surface area contributed by atoms with E-state index in [2.05, 4.69) is 5.32 Å². The third kappa shape index (κ3) is 5.39. The highest BCUT2D eigenvalue weighted by molar-refractivity contribution is 5.92. The predicted molar refractivity (Wildman–Crippen MR) is 84.9 cm³/mol. The minimum Gasteiger partial charge on any atom is -0.497 e. The molecule has 0 heterocycles. The smallest absolute Gasteiger partial charge is 0.338 e. The van der Waals surface area contributed by atoms with Crippen LogP contribution < -0.4 is 10.1 Å². The van der Waals surface area contributed by atoms with Gasteiger partial charge in [-0.05, 0) is 51.0 Å². The summed E-state index contributed by atoms with van der Waals surface area (Å²) in [4.78, 5) is 24.4. The summed E-state index contributed by atoms with van der Waals surface area (Å²) in [5.41, 5.74) is 0.00604. The average molecular weight is 307 g/mol. The van der Waals surface area contributed by atoms with Gasteiger partial charge in [0, 0.05) is 5.54 Å². The van der Waals surface area contributed by atoms with E-state index in [-0.39, 0.29) is 17.4 Å². The van der Waals surface area contributed by atoms with E-state index in [9.17, 15) is 9.59 Å². The molecule has 0 aliphatic rings. The average Bonchev–Trinajstić information content (AvgIpc) is 2.42. The fourth-order valence-electron chi connectivity index (χ4n) is 1.84. The van der Waals surface area contributed by atoms with Crippen molar-refractivity contribution in [2.45, 2.75) is 46.3 Å². The Hall–Kier alpha value is -2.04. The molecular weight excluding hydrogens is 282 g/mol. The molecule has 0 fully saturated rings. The first-order valence-corrected chi connectivity index (χ1v) is 7.31. The topological polar surface area (TPSA) is 64.6 Å². The lowest BCUT2D eigenvalue weighted by molar-refractivity contribution is -0.133. The van der Waals surface area contributed by atoms with Crippen molar-refractivity contribution in [3.05, 3.63) is 29.8 Å². The van der Waals surface area contributed by atoms with Gasteiger partial charge in [0.15, 0.2) is 6.10 Å². The largest absolute Gasteiger partial charge is 0.497 e. The molecule has 1 N–H and O–H groups in total. The SMILES string of the molecule is COc1ccc(C(=O)OC(C(=O)NC(C)(C)C)C(C)C)cc1. The van der Waals surface area contributed by atoms with Crippen LogP contribution in [0, 0.1) is 5.92 Å². The van der Waals surface area contributed by atoms with Crippen LogP contribution in [0.5, 0.6) is 5.75 Å². The quantitative estimate of drug-likeness (QED) is 0.850. The van der Waals surface area contributed by atoms with Crippen molar-refractivity contribution in [2.24, 2.45) is 5.92 Å². The third-order valence-corrected chi connectivity index (χ3v) is 2.92. The number of amides is 1. The Morgan fingerprint density at radius 2 is 1.64 bits per heavy atom. The van der Waals surface area contributed by atoms with E-state index in [1.165, 1.54) is 0 Å². The molecule has 1 atom stereocenters. The Balaban J connectivity index is 2.81. The Labute approximate surface area is 132 Å². The van der Waals surface area contributed by atoms with Gasteiger partial charge in [-0.25, -0.2) is 4.79 Å². The zero-order valence-corrected chi connectivity index (χ0v) is 14.1. The van der Waals surface area contributed by atoms with Crippen molar-refractivity contribution in [1.82, 2.24) is 5.32 Å². The summed E-state index contributed by atoms with van der Waals surface area (Å²) in [5, 5.41) is 2.84. The maximum absolute atomic E-state index is 12.3. The molecule has 0 radical (unpaired) electrons. The molecule has 0 bridgehead atoms. The number of carbonyl (C=O) groups is 2. The van der Waals surface area contributed by atoms with E-state index in [0.29, 0.717) is 11.3 Å². The molecule has 5 heteroatoms. The number of esters is 1. The zero-order chi connectivity index (χ0) is 16.9. The van der Waals surface area contributed by atoms with Crippen LogP contribution in [0.3, 0.4) is 0 Å². The molecule has 22 heavy (non-hydrogen) atoms. The van der Waals surface area contributed by atoms with Gasteiger partial charge in [-0.2, -0.15) is 0 Å². The van der Waals surface area contributed by atoms with Crippen molar-refractivity contribution in [2.75, 3.05) is 7.11 Å². The first-order valence-electron chi connectivity index (χ1n) is 7.31. The van der Waals surface area contributed by atoms with Crippen molar-refractivity contribution in [1.29, 1.82) is 0 Å². The van der Waals surface area contributed by atoms with E-state index < -0.39 is 12.1 Å². The summed E-state index contributed by atoms with van der Waals surface area (Å²) in [5.74, 6) is -0.276. The van der Waals surface area contributed by atoms with Crippen LogP contribution in [0.4, 0.5) is 0 Å². The molecule has 1 amide bonds. The summed E-state index contributed by atoms with van der Waals surface area (Å²) < 4.78 is 10.4. The number of benzene rings is 1. The number of rotatable bonds is 5.